The summed E-state index contributed by atoms with van der Waals surface area (Å²) < 4.78 is 5.69. The molecule has 4 aliphatic heterocycles. The van der Waals surface area contributed by atoms with Crippen molar-refractivity contribution in [3.05, 3.63) is 65.2 Å². The predicted molar refractivity (Wildman–Crippen MR) is 128 cm³/mol. The van der Waals surface area contributed by atoms with Crippen LogP contribution in [0.1, 0.15) is 18.4 Å². The van der Waals surface area contributed by atoms with Crippen LogP contribution in [0, 0.1) is 11.8 Å². The first-order chi connectivity index (χ1) is 16.5. The van der Waals surface area contributed by atoms with E-state index < -0.39 is 17.9 Å². The molecule has 0 saturated carbocycles. The molecule has 7 nitrogen and oxygen atoms in total. The van der Waals surface area contributed by atoms with Gasteiger partial charge in [0.1, 0.15) is 6.04 Å². The van der Waals surface area contributed by atoms with Crippen LogP contribution in [0.2, 0.25) is 5.02 Å². The minimum atomic E-state index is -0.817. The SMILES string of the molecule is O=C(Nc1ccc(Cl)cc1)[C@H]1[C@@H]2C(=O)N(C[C@@H]3CCCO3)C(=O)[C@@H]2[C@H]2C=Cc3ccccc3N21. The van der Waals surface area contributed by atoms with Crippen molar-refractivity contribution >= 4 is 46.8 Å². The number of rotatable bonds is 4. The lowest BCUT2D eigenvalue weighted by Gasteiger charge is -2.36. The number of amides is 3. The highest BCUT2D eigenvalue weighted by molar-refractivity contribution is 6.30. The van der Waals surface area contributed by atoms with Gasteiger partial charge in [-0.15, -0.1) is 0 Å². The normalized spacial score (nSPS) is 29.3. The molecule has 5 atom stereocenters. The lowest BCUT2D eigenvalue weighted by Crippen LogP contribution is -2.51. The number of imide groups is 1. The van der Waals surface area contributed by atoms with Crippen molar-refractivity contribution in [2.75, 3.05) is 23.4 Å². The van der Waals surface area contributed by atoms with Crippen LogP contribution in [0.3, 0.4) is 0 Å². The molecule has 174 valence electrons. The number of hydrogen-bond acceptors (Lipinski definition) is 5. The molecule has 1 N–H and O–H groups in total. The number of likely N-dealkylation sites (tertiary alicyclic amines) is 1. The second kappa shape index (κ2) is 8.25. The molecular weight excluding hydrogens is 454 g/mol. The smallest absolute Gasteiger partial charge is 0.247 e. The molecule has 0 unspecified atom stereocenters. The van der Waals surface area contributed by atoms with Gasteiger partial charge >= 0.3 is 0 Å². The Hall–Kier alpha value is -3.16. The summed E-state index contributed by atoms with van der Waals surface area (Å²) in [6.45, 7) is 0.902. The van der Waals surface area contributed by atoms with Gasteiger partial charge in [0.15, 0.2) is 0 Å². The molecule has 3 saturated heterocycles. The molecule has 3 amide bonds. The number of anilines is 2. The molecule has 34 heavy (non-hydrogen) atoms. The molecule has 8 heteroatoms. The second-order valence-corrected chi connectivity index (χ2v) is 9.67. The van der Waals surface area contributed by atoms with E-state index in [1.165, 1.54) is 4.90 Å². The summed E-state index contributed by atoms with van der Waals surface area (Å²) in [4.78, 5) is 44.2. The Kier molecular flexibility index (Phi) is 5.19. The average molecular weight is 478 g/mol. The monoisotopic (exact) mass is 477 g/mol. The molecular formula is C26H24ClN3O4. The zero-order valence-corrected chi connectivity index (χ0v) is 19.1. The molecule has 4 aliphatic rings. The van der Waals surface area contributed by atoms with Crippen LogP contribution in [-0.4, -0.2) is 54.0 Å². The largest absolute Gasteiger partial charge is 0.376 e. The van der Waals surface area contributed by atoms with E-state index in [-0.39, 0.29) is 36.4 Å². The molecule has 3 fully saturated rings. The van der Waals surface area contributed by atoms with Gasteiger partial charge in [-0.2, -0.15) is 0 Å². The molecule has 4 heterocycles. The summed E-state index contributed by atoms with van der Waals surface area (Å²) in [5.41, 5.74) is 2.40. The number of para-hydroxylation sites is 1. The Morgan fingerprint density at radius 2 is 1.82 bits per heavy atom. The number of carbonyl (C=O) groups excluding carboxylic acids is 3. The van der Waals surface area contributed by atoms with Gasteiger partial charge in [-0.25, -0.2) is 0 Å². The Bertz CT molecular complexity index is 1190. The molecule has 0 radical (unpaired) electrons. The van der Waals surface area contributed by atoms with E-state index in [4.69, 9.17) is 16.3 Å². The van der Waals surface area contributed by atoms with E-state index in [2.05, 4.69) is 5.32 Å². The molecule has 0 spiro atoms. The number of ether oxygens (including phenoxy) is 1. The fraction of sp³-hybridized carbons (Fsp3) is 0.346. The maximum absolute atomic E-state index is 13.7. The third-order valence-corrected chi connectivity index (χ3v) is 7.55. The van der Waals surface area contributed by atoms with Crippen molar-refractivity contribution in [3.63, 3.8) is 0 Å². The number of benzene rings is 2. The number of halogens is 1. The predicted octanol–water partition coefficient (Wildman–Crippen LogP) is 3.34. The summed E-state index contributed by atoms with van der Waals surface area (Å²) in [7, 11) is 0. The van der Waals surface area contributed by atoms with Crippen LogP contribution in [-0.2, 0) is 19.1 Å². The molecule has 6 rings (SSSR count). The van der Waals surface area contributed by atoms with Crippen molar-refractivity contribution in [1.29, 1.82) is 0 Å². The van der Waals surface area contributed by atoms with Gasteiger partial charge < -0.3 is 15.0 Å². The summed E-state index contributed by atoms with van der Waals surface area (Å²) in [6, 6.07) is 13.4. The number of nitrogens with one attached hydrogen (secondary N) is 1. The number of nitrogens with zero attached hydrogens (tertiary/aromatic N) is 2. The van der Waals surface area contributed by atoms with Crippen LogP contribution in [0.25, 0.3) is 6.08 Å². The minimum Gasteiger partial charge on any atom is -0.376 e. The zero-order chi connectivity index (χ0) is 23.4. The first kappa shape index (κ1) is 21.4. The van der Waals surface area contributed by atoms with Gasteiger partial charge in [0.2, 0.25) is 17.7 Å². The third kappa shape index (κ3) is 3.34. The van der Waals surface area contributed by atoms with E-state index >= 15 is 0 Å². The van der Waals surface area contributed by atoms with E-state index in [0.29, 0.717) is 17.3 Å². The summed E-state index contributed by atoms with van der Waals surface area (Å²) in [6.07, 6.45) is 5.56. The Morgan fingerprint density at radius 3 is 2.59 bits per heavy atom. The Morgan fingerprint density at radius 1 is 1.06 bits per heavy atom. The number of carbonyl (C=O) groups is 3. The topological polar surface area (TPSA) is 79.0 Å². The summed E-state index contributed by atoms with van der Waals surface area (Å²) in [5.74, 6) is -2.19. The van der Waals surface area contributed by atoms with Gasteiger partial charge in [0, 0.05) is 23.0 Å². The molecule has 2 aromatic carbocycles. The maximum Gasteiger partial charge on any atom is 0.247 e. The van der Waals surface area contributed by atoms with Crippen molar-refractivity contribution < 1.29 is 19.1 Å². The molecule has 2 aromatic rings. The lowest BCUT2D eigenvalue weighted by atomic mass is 9.88. The first-order valence-corrected chi connectivity index (χ1v) is 12.0. The van der Waals surface area contributed by atoms with Crippen LogP contribution in [0.5, 0.6) is 0 Å². The van der Waals surface area contributed by atoms with Gasteiger partial charge in [-0.1, -0.05) is 42.0 Å². The lowest BCUT2D eigenvalue weighted by molar-refractivity contribution is -0.142. The number of hydrogen-bond donors (Lipinski definition) is 1. The van der Waals surface area contributed by atoms with E-state index in [9.17, 15) is 14.4 Å². The van der Waals surface area contributed by atoms with Crippen molar-refractivity contribution in [2.45, 2.75) is 31.0 Å². The highest BCUT2D eigenvalue weighted by Gasteiger charge is 2.64. The van der Waals surface area contributed by atoms with E-state index in [1.807, 2.05) is 41.3 Å². The van der Waals surface area contributed by atoms with Gasteiger partial charge in [-0.05, 0) is 48.7 Å². The van der Waals surface area contributed by atoms with E-state index in [1.54, 1.807) is 24.3 Å². The summed E-state index contributed by atoms with van der Waals surface area (Å²) >= 11 is 5.99. The highest BCUT2D eigenvalue weighted by atomic mass is 35.5. The minimum absolute atomic E-state index is 0.133. The number of fused-ring (bicyclic) bond motifs is 5. The first-order valence-electron chi connectivity index (χ1n) is 11.6. The zero-order valence-electron chi connectivity index (χ0n) is 18.4. The Labute approximate surface area is 202 Å². The van der Waals surface area contributed by atoms with Crippen LogP contribution < -0.4 is 10.2 Å². The molecule has 0 bridgehead atoms. The standard InChI is InChI=1S/C26H24ClN3O4/c27-16-8-10-17(11-9-16)28-24(31)23-22-21(20-12-7-15-4-1-2-6-19(15)30(20)23)25(32)29(26(22)33)14-18-5-3-13-34-18/h1-2,4,6-12,18,20-23H,3,5,13-14H2,(H,28,31)/t18-,20+,21+,22+,23+/m0/s1. The van der Waals surface area contributed by atoms with Gasteiger partial charge in [0.05, 0.1) is 30.5 Å². The van der Waals surface area contributed by atoms with Crippen LogP contribution in [0.15, 0.2) is 54.6 Å². The highest BCUT2D eigenvalue weighted by Crippen LogP contribution is 2.48. The molecule has 0 aromatic heterocycles. The van der Waals surface area contributed by atoms with Crippen molar-refractivity contribution in [1.82, 2.24) is 4.90 Å². The third-order valence-electron chi connectivity index (χ3n) is 7.30. The van der Waals surface area contributed by atoms with Crippen LogP contribution >= 0.6 is 11.6 Å². The fourth-order valence-electron chi connectivity index (χ4n) is 5.80. The maximum atomic E-state index is 13.7. The van der Waals surface area contributed by atoms with Crippen molar-refractivity contribution in [2.24, 2.45) is 11.8 Å². The van der Waals surface area contributed by atoms with Gasteiger partial charge in [-0.3, -0.25) is 19.3 Å². The van der Waals surface area contributed by atoms with Crippen LogP contribution in [0.4, 0.5) is 11.4 Å². The summed E-state index contributed by atoms with van der Waals surface area (Å²) in [5, 5.41) is 3.51. The fourth-order valence-corrected chi connectivity index (χ4v) is 5.92. The second-order valence-electron chi connectivity index (χ2n) is 9.23. The quantitative estimate of drug-likeness (QED) is 0.683. The average Bonchev–Trinajstić information content (AvgIpc) is 3.54. The van der Waals surface area contributed by atoms with Gasteiger partial charge in [0.25, 0.3) is 0 Å². The van der Waals surface area contributed by atoms with Crippen molar-refractivity contribution in [3.8, 4) is 0 Å². The van der Waals surface area contributed by atoms with E-state index in [0.717, 1.165) is 24.1 Å². The molecule has 0 aliphatic carbocycles. The Balaban J connectivity index is 1.37.